The van der Waals surface area contributed by atoms with Gasteiger partial charge < -0.3 is 5.32 Å². The van der Waals surface area contributed by atoms with E-state index in [9.17, 15) is 13.2 Å². The summed E-state index contributed by atoms with van der Waals surface area (Å²) in [6.45, 7) is 5.59. The van der Waals surface area contributed by atoms with E-state index in [4.69, 9.17) is 0 Å². The number of nitrogens with zero attached hydrogens (tertiary/aromatic N) is 1. The third-order valence-corrected chi connectivity index (χ3v) is 6.73. The number of amides is 1. The molecule has 3 aromatic rings. The average molecular weight is 423 g/mol. The van der Waals surface area contributed by atoms with Crippen LogP contribution in [0.15, 0.2) is 83.8 Å². The van der Waals surface area contributed by atoms with Crippen molar-refractivity contribution in [3.05, 3.63) is 95.6 Å². The molecular formula is C24H26N2O3S. The Balaban J connectivity index is 1.87. The number of hydrogen-bond donors (Lipinski definition) is 1. The number of hydrogen-bond acceptors (Lipinski definition) is 3. The van der Waals surface area contributed by atoms with Crippen LogP contribution in [-0.2, 0) is 14.8 Å². The predicted molar refractivity (Wildman–Crippen MR) is 120 cm³/mol. The van der Waals surface area contributed by atoms with Crippen LogP contribution < -0.4 is 9.62 Å². The first-order chi connectivity index (χ1) is 14.3. The van der Waals surface area contributed by atoms with Crippen LogP contribution in [0.5, 0.6) is 0 Å². The Morgan fingerprint density at radius 3 is 2.17 bits per heavy atom. The van der Waals surface area contributed by atoms with E-state index < -0.39 is 10.0 Å². The van der Waals surface area contributed by atoms with Crippen molar-refractivity contribution in [1.82, 2.24) is 5.32 Å². The van der Waals surface area contributed by atoms with Gasteiger partial charge in [0.2, 0.25) is 5.91 Å². The summed E-state index contributed by atoms with van der Waals surface area (Å²) in [6, 6.07) is 22.7. The van der Waals surface area contributed by atoms with Gasteiger partial charge in [0.05, 0.1) is 16.6 Å². The van der Waals surface area contributed by atoms with Crippen LogP contribution in [0.2, 0.25) is 0 Å². The highest BCUT2D eigenvalue weighted by Gasteiger charge is 2.27. The van der Waals surface area contributed by atoms with E-state index in [0.29, 0.717) is 5.69 Å². The molecule has 0 unspecified atom stereocenters. The SMILES string of the molecule is Cc1ccc(C)c([C@H](C)NC(=O)CN(c2ccccc2)S(=O)(=O)c2ccccc2)c1. The Morgan fingerprint density at radius 2 is 1.53 bits per heavy atom. The predicted octanol–water partition coefficient (Wildman–Crippen LogP) is 4.38. The van der Waals surface area contributed by atoms with Gasteiger partial charge in [0.15, 0.2) is 0 Å². The maximum Gasteiger partial charge on any atom is 0.264 e. The maximum atomic E-state index is 13.3. The minimum absolute atomic E-state index is 0.143. The average Bonchev–Trinajstić information content (AvgIpc) is 2.74. The van der Waals surface area contributed by atoms with Crippen molar-refractivity contribution in [2.75, 3.05) is 10.8 Å². The third-order valence-electron chi connectivity index (χ3n) is 4.94. The minimum atomic E-state index is -3.89. The fourth-order valence-corrected chi connectivity index (χ4v) is 4.79. The maximum absolute atomic E-state index is 13.3. The van der Waals surface area contributed by atoms with Crippen molar-refractivity contribution >= 4 is 21.6 Å². The van der Waals surface area contributed by atoms with Crippen molar-refractivity contribution in [3.8, 4) is 0 Å². The van der Waals surface area contributed by atoms with Crippen LogP contribution in [0.1, 0.15) is 29.7 Å². The lowest BCUT2D eigenvalue weighted by molar-refractivity contribution is -0.120. The van der Waals surface area contributed by atoms with Crippen molar-refractivity contribution in [2.45, 2.75) is 31.7 Å². The Morgan fingerprint density at radius 1 is 0.933 bits per heavy atom. The zero-order valence-corrected chi connectivity index (χ0v) is 18.2. The van der Waals surface area contributed by atoms with Crippen molar-refractivity contribution in [3.63, 3.8) is 0 Å². The fourth-order valence-electron chi connectivity index (χ4n) is 3.35. The van der Waals surface area contributed by atoms with Crippen LogP contribution in [0.3, 0.4) is 0 Å². The monoisotopic (exact) mass is 422 g/mol. The molecule has 1 atom stereocenters. The van der Waals surface area contributed by atoms with Gasteiger partial charge in [0.1, 0.15) is 6.54 Å². The van der Waals surface area contributed by atoms with Gasteiger partial charge in [-0.25, -0.2) is 8.42 Å². The van der Waals surface area contributed by atoms with E-state index in [1.54, 1.807) is 48.5 Å². The zero-order chi connectivity index (χ0) is 21.7. The summed E-state index contributed by atoms with van der Waals surface area (Å²) in [5, 5.41) is 2.94. The molecule has 0 aliphatic carbocycles. The number of sulfonamides is 1. The number of carbonyl (C=O) groups is 1. The second-order valence-electron chi connectivity index (χ2n) is 7.31. The Bertz CT molecular complexity index is 1110. The van der Waals surface area contributed by atoms with Gasteiger partial charge in [-0.2, -0.15) is 0 Å². The second-order valence-corrected chi connectivity index (χ2v) is 9.17. The lowest BCUT2D eigenvalue weighted by atomic mass is 10.00. The first-order valence-corrected chi connectivity index (χ1v) is 11.2. The molecule has 0 aliphatic rings. The third kappa shape index (κ3) is 4.89. The fraction of sp³-hybridized carbons (Fsp3) is 0.208. The summed E-state index contributed by atoms with van der Waals surface area (Å²) in [7, 11) is -3.89. The molecule has 0 radical (unpaired) electrons. The topological polar surface area (TPSA) is 66.5 Å². The van der Waals surface area contributed by atoms with E-state index in [1.807, 2.05) is 39.0 Å². The molecule has 0 aromatic heterocycles. The second kappa shape index (κ2) is 9.13. The van der Waals surface area contributed by atoms with E-state index in [1.165, 1.54) is 12.1 Å². The van der Waals surface area contributed by atoms with Crippen LogP contribution >= 0.6 is 0 Å². The first-order valence-electron chi connectivity index (χ1n) is 9.78. The number of aryl methyl sites for hydroxylation is 2. The molecule has 0 bridgehead atoms. The van der Waals surface area contributed by atoms with Crippen LogP contribution in [0, 0.1) is 13.8 Å². The molecule has 0 spiro atoms. The minimum Gasteiger partial charge on any atom is -0.348 e. The van der Waals surface area contributed by atoms with Crippen molar-refractivity contribution in [1.29, 1.82) is 0 Å². The molecule has 0 fully saturated rings. The number of rotatable bonds is 7. The van der Waals surface area contributed by atoms with E-state index in [2.05, 4.69) is 5.32 Å². The highest BCUT2D eigenvalue weighted by Crippen LogP contribution is 2.24. The lowest BCUT2D eigenvalue weighted by Crippen LogP contribution is -2.41. The van der Waals surface area contributed by atoms with Gasteiger partial charge in [0, 0.05) is 0 Å². The summed E-state index contributed by atoms with van der Waals surface area (Å²) in [5.74, 6) is -0.369. The molecule has 5 nitrogen and oxygen atoms in total. The molecule has 1 amide bonds. The molecule has 30 heavy (non-hydrogen) atoms. The lowest BCUT2D eigenvalue weighted by Gasteiger charge is -2.25. The summed E-state index contributed by atoms with van der Waals surface area (Å²) in [5.41, 5.74) is 3.64. The van der Waals surface area contributed by atoms with E-state index in [-0.39, 0.29) is 23.4 Å². The largest absolute Gasteiger partial charge is 0.348 e. The van der Waals surface area contributed by atoms with Crippen molar-refractivity contribution < 1.29 is 13.2 Å². The molecule has 156 valence electrons. The molecule has 0 saturated heterocycles. The molecule has 0 saturated carbocycles. The summed E-state index contributed by atoms with van der Waals surface area (Å²) in [4.78, 5) is 13.0. The zero-order valence-electron chi connectivity index (χ0n) is 17.4. The normalized spacial score (nSPS) is 12.2. The highest BCUT2D eigenvalue weighted by atomic mass is 32.2. The van der Waals surface area contributed by atoms with Crippen LogP contribution in [0.4, 0.5) is 5.69 Å². The molecule has 6 heteroatoms. The Labute approximate surface area is 178 Å². The van der Waals surface area contributed by atoms with Crippen LogP contribution in [-0.4, -0.2) is 20.9 Å². The molecule has 3 aromatic carbocycles. The first kappa shape index (κ1) is 21.6. The number of benzene rings is 3. The molecule has 0 heterocycles. The highest BCUT2D eigenvalue weighted by molar-refractivity contribution is 7.92. The number of carbonyl (C=O) groups excluding carboxylic acids is 1. The van der Waals surface area contributed by atoms with E-state index in [0.717, 1.165) is 21.0 Å². The van der Waals surface area contributed by atoms with Crippen molar-refractivity contribution in [2.24, 2.45) is 0 Å². The number of anilines is 1. The molecule has 3 rings (SSSR count). The molecule has 0 aliphatic heterocycles. The summed E-state index contributed by atoms with van der Waals surface area (Å²) < 4.78 is 27.7. The van der Waals surface area contributed by atoms with E-state index >= 15 is 0 Å². The smallest absolute Gasteiger partial charge is 0.264 e. The standard InChI is InChI=1S/C24H26N2O3S/c1-18-14-15-19(2)23(16-18)20(3)25-24(27)17-26(21-10-6-4-7-11-21)30(28,29)22-12-8-5-9-13-22/h4-16,20H,17H2,1-3H3,(H,25,27)/t20-/m0/s1. The summed E-state index contributed by atoms with van der Waals surface area (Å²) >= 11 is 0. The van der Waals surface area contributed by atoms with Gasteiger partial charge in [-0.1, -0.05) is 60.2 Å². The van der Waals surface area contributed by atoms with Gasteiger partial charge in [-0.05, 0) is 56.2 Å². The van der Waals surface area contributed by atoms with Gasteiger partial charge in [0.25, 0.3) is 10.0 Å². The summed E-state index contributed by atoms with van der Waals surface area (Å²) in [6.07, 6.45) is 0. The number of para-hydroxylation sites is 1. The number of nitrogens with one attached hydrogen (secondary N) is 1. The molecule has 1 N–H and O–H groups in total. The van der Waals surface area contributed by atoms with Crippen LogP contribution in [0.25, 0.3) is 0 Å². The van der Waals surface area contributed by atoms with Gasteiger partial charge >= 0.3 is 0 Å². The quantitative estimate of drug-likeness (QED) is 0.615. The molecular weight excluding hydrogens is 396 g/mol. The van der Waals surface area contributed by atoms with Gasteiger partial charge in [-0.15, -0.1) is 0 Å². The van der Waals surface area contributed by atoms with Gasteiger partial charge in [-0.3, -0.25) is 9.10 Å². The Hall–Kier alpha value is -3.12. The Kier molecular flexibility index (Phi) is 6.57.